The summed E-state index contributed by atoms with van der Waals surface area (Å²) < 4.78 is 11.0. The molecule has 1 amide bonds. The number of hydrogen-bond acceptors (Lipinski definition) is 4. The summed E-state index contributed by atoms with van der Waals surface area (Å²) in [5, 5.41) is 3.23. The summed E-state index contributed by atoms with van der Waals surface area (Å²) in [5.74, 6) is 1.67. The van der Waals surface area contributed by atoms with E-state index in [-0.39, 0.29) is 11.8 Å². The number of benzene rings is 1. The highest BCUT2D eigenvalue weighted by molar-refractivity contribution is 5.80. The van der Waals surface area contributed by atoms with Crippen molar-refractivity contribution in [1.29, 1.82) is 0 Å². The van der Waals surface area contributed by atoms with Gasteiger partial charge in [0, 0.05) is 31.2 Å². The van der Waals surface area contributed by atoms with E-state index >= 15 is 0 Å². The Morgan fingerprint density at radius 2 is 2.22 bits per heavy atom. The van der Waals surface area contributed by atoms with E-state index in [1.165, 1.54) is 12.8 Å². The zero-order chi connectivity index (χ0) is 15.8. The van der Waals surface area contributed by atoms with Gasteiger partial charge in [-0.2, -0.15) is 0 Å². The molecule has 0 radical (unpaired) electrons. The van der Waals surface area contributed by atoms with Crippen LogP contribution in [0, 0.1) is 5.92 Å². The van der Waals surface area contributed by atoms with E-state index in [1.807, 2.05) is 18.2 Å². The number of carbonyl (C=O) groups is 1. The third-order valence-electron chi connectivity index (χ3n) is 5.18. The van der Waals surface area contributed by atoms with E-state index in [0.717, 1.165) is 49.0 Å². The summed E-state index contributed by atoms with van der Waals surface area (Å²) in [7, 11) is 1.65. The first-order chi connectivity index (χ1) is 11.2. The zero-order valence-electron chi connectivity index (χ0n) is 13.6. The SMILES string of the molecule is COc1ccc2c(c1)OC[C@H](C(=O)N[C@H]1CCN(C3CC3)C1)C2. The fourth-order valence-electron chi connectivity index (χ4n) is 3.64. The number of hydrogen-bond donors (Lipinski definition) is 1. The molecule has 5 nitrogen and oxygen atoms in total. The Labute approximate surface area is 136 Å². The molecule has 0 spiro atoms. The highest BCUT2D eigenvalue weighted by Gasteiger charge is 2.36. The Balaban J connectivity index is 1.34. The lowest BCUT2D eigenvalue weighted by Gasteiger charge is -2.26. The van der Waals surface area contributed by atoms with E-state index in [0.29, 0.717) is 12.6 Å². The Morgan fingerprint density at radius 1 is 1.35 bits per heavy atom. The number of fused-ring (bicyclic) bond motifs is 1. The van der Waals surface area contributed by atoms with Gasteiger partial charge >= 0.3 is 0 Å². The van der Waals surface area contributed by atoms with Gasteiger partial charge in [-0.1, -0.05) is 6.07 Å². The number of ether oxygens (including phenoxy) is 2. The van der Waals surface area contributed by atoms with Crippen molar-refractivity contribution >= 4 is 5.91 Å². The number of rotatable bonds is 4. The van der Waals surface area contributed by atoms with Crippen LogP contribution in [0.25, 0.3) is 0 Å². The van der Waals surface area contributed by atoms with Crippen molar-refractivity contribution in [3.8, 4) is 11.5 Å². The van der Waals surface area contributed by atoms with Gasteiger partial charge in [0.15, 0.2) is 0 Å². The number of nitrogens with zero attached hydrogens (tertiary/aromatic N) is 1. The highest BCUT2D eigenvalue weighted by Crippen LogP contribution is 2.32. The van der Waals surface area contributed by atoms with Gasteiger partial charge < -0.3 is 14.8 Å². The van der Waals surface area contributed by atoms with Crippen molar-refractivity contribution in [2.45, 2.75) is 37.8 Å². The molecule has 2 atom stereocenters. The number of nitrogens with one attached hydrogen (secondary N) is 1. The lowest BCUT2D eigenvalue weighted by molar-refractivity contribution is -0.126. The van der Waals surface area contributed by atoms with E-state index in [4.69, 9.17) is 9.47 Å². The average molecular weight is 316 g/mol. The lowest BCUT2D eigenvalue weighted by Crippen LogP contribution is -2.43. The van der Waals surface area contributed by atoms with Crippen molar-refractivity contribution in [3.05, 3.63) is 23.8 Å². The van der Waals surface area contributed by atoms with Crippen molar-refractivity contribution < 1.29 is 14.3 Å². The Morgan fingerprint density at radius 3 is 3.00 bits per heavy atom. The van der Waals surface area contributed by atoms with E-state index < -0.39 is 0 Å². The first-order valence-corrected chi connectivity index (χ1v) is 8.57. The minimum Gasteiger partial charge on any atom is -0.497 e. The molecule has 2 aliphatic heterocycles. The maximum atomic E-state index is 12.5. The van der Waals surface area contributed by atoms with Gasteiger partial charge in [-0.25, -0.2) is 0 Å². The lowest BCUT2D eigenvalue weighted by atomic mass is 9.95. The number of likely N-dealkylation sites (tertiary alicyclic amines) is 1. The van der Waals surface area contributed by atoms with E-state index in [9.17, 15) is 4.79 Å². The van der Waals surface area contributed by atoms with Gasteiger partial charge in [-0.3, -0.25) is 9.69 Å². The largest absolute Gasteiger partial charge is 0.497 e. The molecule has 4 rings (SSSR count). The van der Waals surface area contributed by atoms with Crippen LogP contribution in [0.4, 0.5) is 0 Å². The zero-order valence-corrected chi connectivity index (χ0v) is 13.6. The summed E-state index contributed by atoms with van der Waals surface area (Å²) in [4.78, 5) is 15.1. The third kappa shape index (κ3) is 3.15. The molecule has 1 saturated carbocycles. The maximum absolute atomic E-state index is 12.5. The van der Waals surface area contributed by atoms with Crippen LogP contribution in [0.5, 0.6) is 11.5 Å². The second-order valence-corrected chi connectivity index (χ2v) is 6.91. The number of methoxy groups -OCH3 is 1. The summed E-state index contributed by atoms with van der Waals surface area (Å²) in [6.07, 6.45) is 4.47. The predicted octanol–water partition coefficient (Wildman–Crippen LogP) is 1.60. The van der Waals surface area contributed by atoms with Crippen LogP contribution in [0.3, 0.4) is 0 Å². The molecule has 2 heterocycles. The van der Waals surface area contributed by atoms with Crippen molar-refractivity contribution in [3.63, 3.8) is 0 Å². The molecule has 1 aliphatic carbocycles. The van der Waals surface area contributed by atoms with Crippen molar-refractivity contribution in [1.82, 2.24) is 10.2 Å². The molecule has 1 aromatic carbocycles. The molecule has 0 unspecified atom stereocenters. The molecular weight excluding hydrogens is 292 g/mol. The molecular formula is C18H24N2O3. The molecule has 3 aliphatic rings. The average Bonchev–Trinajstić information content (AvgIpc) is 3.33. The van der Waals surface area contributed by atoms with Crippen molar-refractivity contribution in [2.24, 2.45) is 5.92 Å². The Bertz CT molecular complexity index is 600. The van der Waals surface area contributed by atoms with Crippen LogP contribution < -0.4 is 14.8 Å². The molecule has 23 heavy (non-hydrogen) atoms. The van der Waals surface area contributed by atoms with Crippen LogP contribution in [-0.2, 0) is 11.2 Å². The molecule has 0 bridgehead atoms. The smallest absolute Gasteiger partial charge is 0.227 e. The van der Waals surface area contributed by atoms with E-state index in [1.54, 1.807) is 7.11 Å². The Hall–Kier alpha value is -1.75. The highest BCUT2D eigenvalue weighted by atomic mass is 16.5. The summed E-state index contributed by atoms with van der Waals surface area (Å²) >= 11 is 0. The molecule has 124 valence electrons. The second-order valence-electron chi connectivity index (χ2n) is 6.91. The minimum atomic E-state index is -0.0918. The van der Waals surface area contributed by atoms with Crippen LogP contribution in [0.1, 0.15) is 24.8 Å². The first kappa shape index (κ1) is 14.8. The van der Waals surface area contributed by atoms with Crippen LogP contribution in [0.15, 0.2) is 18.2 Å². The predicted molar refractivity (Wildman–Crippen MR) is 86.8 cm³/mol. The summed E-state index contributed by atoms with van der Waals surface area (Å²) in [6, 6.07) is 6.91. The minimum absolute atomic E-state index is 0.0918. The maximum Gasteiger partial charge on any atom is 0.227 e. The molecule has 1 N–H and O–H groups in total. The normalized spacial score (nSPS) is 27.2. The van der Waals surface area contributed by atoms with Crippen LogP contribution in [-0.4, -0.2) is 49.7 Å². The molecule has 1 aromatic rings. The fraction of sp³-hybridized carbons (Fsp3) is 0.611. The van der Waals surface area contributed by atoms with Gasteiger partial charge in [0.2, 0.25) is 5.91 Å². The monoisotopic (exact) mass is 316 g/mol. The second kappa shape index (κ2) is 6.04. The molecule has 0 aromatic heterocycles. The van der Waals surface area contributed by atoms with Crippen LogP contribution in [0.2, 0.25) is 0 Å². The summed E-state index contributed by atoms with van der Waals surface area (Å²) in [5.41, 5.74) is 1.09. The number of amides is 1. The molecule has 5 heteroatoms. The van der Waals surface area contributed by atoms with Gasteiger partial charge in [0.1, 0.15) is 18.1 Å². The number of carbonyl (C=O) groups excluding carboxylic acids is 1. The quantitative estimate of drug-likeness (QED) is 0.917. The van der Waals surface area contributed by atoms with Gasteiger partial charge in [-0.15, -0.1) is 0 Å². The molecule has 1 saturated heterocycles. The summed E-state index contributed by atoms with van der Waals surface area (Å²) in [6.45, 7) is 2.59. The van der Waals surface area contributed by atoms with Gasteiger partial charge in [-0.05, 0) is 37.3 Å². The van der Waals surface area contributed by atoms with Crippen molar-refractivity contribution in [2.75, 3.05) is 26.8 Å². The third-order valence-corrected chi connectivity index (χ3v) is 5.18. The fourth-order valence-corrected chi connectivity index (χ4v) is 3.64. The van der Waals surface area contributed by atoms with E-state index in [2.05, 4.69) is 10.2 Å². The van der Waals surface area contributed by atoms with Crippen LogP contribution >= 0.6 is 0 Å². The topological polar surface area (TPSA) is 50.8 Å². The molecule has 2 fully saturated rings. The first-order valence-electron chi connectivity index (χ1n) is 8.57. The Kier molecular flexibility index (Phi) is 3.89. The van der Waals surface area contributed by atoms with Gasteiger partial charge in [0.25, 0.3) is 0 Å². The van der Waals surface area contributed by atoms with Gasteiger partial charge in [0.05, 0.1) is 13.0 Å². The standard InChI is InChI=1S/C18H24N2O3/c1-22-16-5-2-12-8-13(11-23-17(12)9-16)18(21)19-14-6-7-20(10-14)15-3-4-15/h2,5,9,13-15H,3-4,6-8,10-11H2,1H3,(H,19,21)/t13-,14+/m1/s1.